The molecule has 1 N–H and O–H groups in total. The number of tetrazole rings is 1. The number of rotatable bonds is 7. The fraction of sp³-hybridized carbons (Fsp3) is 0.250. The Hall–Kier alpha value is -3.77. The second kappa shape index (κ2) is 8.50. The second-order valence-corrected chi connectivity index (χ2v) is 5.64. The van der Waals surface area contributed by atoms with Crippen LogP contribution in [0.1, 0.15) is 17.0 Å². The third-order valence-corrected chi connectivity index (χ3v) is 3.54. The molecule has 2 aromatic heterocycles. The molecule has 13 heteroatoms. The number of hydrogen-bond acceptors (Lipinski definition) is 7. The van der Waals surface area contributed by atoms with Crippen molar-refractivity contribution in [1.82, 2.24) is 35.3 Å². The lowest BCUT2D eigenvalue weighted by molar-refractivity contribution is -0.274. The molecule has 3 aromatic rings. The van der Waals surface area contributed by atoms with E-state index in [9.17, 15) is 22.8 Å². The zero-order valence-electron chi connectivity index (χ0n) is 14.7. The second-order valence-electron chi connectivity index (χ2n) is 5.64. The van der Waals surface area contributed by atoms with Gasteiger partial charge in [-0.25, -0.2) is 4.68 Å². The minimum Gasteiger partial charge on any atom is -0.406 e. The highest BCUT2D eigenvalue weighted by Gasteiger charge is 2.31. The Morgan fingerprint density at radius 3 is 2.62 bits per heavy atom. The van der Waals surface area contributed by atoms with Crippen molar-refractivity contribution < 1.29 is 22.7 Å². The SMILES string of the molecule is O=C(NCCCn1ncccc1=O)c1nnn(-c2ccc(OC(F)(F)F)cc2)n1. The molecule has 3 rings (SSSR count). The summed E-state index contributed by atoms with van der Waals surface area (Å²) in [4.78, 5) is 24.6. The van der Waals surface area contributed by atoms with Gasteiger partial charge in [0.25, 0.3) is 17.3 Å². The maximum atomic E-state index is 12.2. The van der Waals surface area contributed by atoms with E-state index in [1.54, 1.807) is 0 Å². The third-order valence-electron chi connectivity index (χ3n) is 3.54. The lowest BCUT2D eigenvalue weighted by atomic mass is 10.3. The molecule has 29 heavy (non-hydrogen) atoms. The minimum absolute atomic E-state index is 0.212. The molecule has 0 saturated carbocycles. The first kappa shape index (κ1) is 20.0. The van der Waals surface area contributed by atoms with E-state index >= 15 is 0 Å². The minimum atomic E-state index is -4.79. The van der Waals surface area contributed by atoms with Crippen LogP contribution in [0.25, 0.3) is 5.69 Å². The highest BCUT2D eigenvalue weighted by molar-refractivity contribution is 5.90. The molecule has 0 aliphatic heterocycles. The molecule has 1 amide bonds. The number of aromatic nitrogens is 6. The molecule has 0 spiro atoms. The number of benzene rings is 1. The van der Waals surface area contributed by atoms with Gasteiger partial charge >= 0.3 is 6.36 Å². The highest BCUT2D eigenvalue weighted by atomic mass is 19.4. The number of halogens is 3. The molecule has 10 nitrogen and oxygen atoms in total. The summed E-state index contributed by atoms with van der Waals surface area (Å²) in [5.74, 6) is -1.19. The molecule has 0 radical (unpaired) electrons. The number of alkyl halides is 3. The van der Waals surface area contributed by atoms with Crippen LogP contribution in [0, 0.1) is 0 Å². The standard InChI is InChI=1S/C16H14F3N7O3/c17-16(18,19)29-12-6-4-11(5-7-12)26-23-14(22-24-26)15(28)20-8-2-10-25-13(27)3-1-9-21-25/h1,3-7,9H,2,8,10H2,(H,20,28). The smallest absolute Gasteiger partial charge is 0.406 e. The molecule has 0 atom stereocenters. The zero-order chi connectivity index (χ0) is 20.9. The Balaban J connectivity index is 1.53. The molecule has 2 heterocycles. The van der Waals surface area contributed by atoms with Gasteiger partial charge in [-0.05, 0) is 42.0 Å². The van der Waals surface area contributed by atoms with Crippen LogP contribution in [-0.4, -0.2) is 48.8 Å². The Morgan fingerprint density at radius 1 is 1.17 bits per heavy atom. The molecular weight excluding hydrogens is 395 g/mol. The van der Waals surface area contributed by atoms with Crippen molar-refractivity contribution in [3.63, 3.8) is 0 Å². The topological polar surface area (TPSA) is 117 Å². The highest BCUT2D eigenvalue weighted by Crippen LogP contribution is 2.23. The lowest BCUT2D eigenvalue weighted by Gasteiger charge is -2.08. The quantitative estimate of drug-likeness (QED) is 0.577. The van der Waals surface area contributed by atoms with Crippen molar-refractivity contribution >= 4 is 5.91 Å². The van der Waals surface area contributed by atoms with Gasteiger partial charge in [-0.1, -0.05) is 0 Å². The van der Waals surface area contributed by atoms with Crippen molar-refractivity contribution in [2.75, 3.05) is 6.54 Å². The molecule has 0 bridgehead atoms. The molecule has 152 valence electrons. The number of amides is 1. The van der Waals surface area contributed by atoms with E-state index < -0.39 is 18.0 Å². The van der Waals surface area contributed by atoms with Gasteiger partial charge in [0.05, 0.1) is 5.69 Å². The van der Waals surface area contributed by atoms with E-state index in [0.29, 0.717) is 18.7 Å². The summed E-state index contributed by atoms with van der Waals surface area (Å²) < 4.78 is 41.6. The average Bonchev–Trinajstić information content (AvgIpc) is 3.16. The third kappa shape index (κ3) is 5.60. The maximum Gasteiger partial charge on any atom is 0.573 e. The van der Waals surface area contributed by atoms with Crippen molar-refractivity contribution in [2.45, 2.75) is 19.3 Å². The summed E-state index contributed by atoms with van der Waals surface area (Å²) in [5, 5.41) is 17.7. The summed E-state index contributed by atoms with van der Waals surface area (Å²) >= 11 is 0. The molecular formula is C16H14F3N7O3. The van der Waals surface area contributed by atoms with Crippen LogP contribution in [0.15, 0.2) is 47.4 Å². The zero-order valence-corrected chi connectivity index (χ0v) is 14.7. The van der Waals surface area contributed by atoms with Crippen LogP contribution in [0.4, 0.5) is 13.2 Å². The molecule has 0 unspecified atom stereocenters. The van der Waals surface area contributed by atoms with Gasteiger partial charge in [0.2, 0.25) is 0 Å². The van der Waals surface area contributed by atoms with Crippen LogP contribution < -0.4 is 15.6 Å². The molecule has 1 aromatic carbocycles. The fourth-order valence-corrected chi connectivity index (χ4v) is 2.26. The van der Waals surface area contributed by atoms with E-state index in [4.69, 9.17) is 0 Å². The van der Waals surface area contributed by atoms with Crippen LogP contribution in [0.2, 0.25) is 0 Å². The summed E-state index contributed by atoms with van der Waals surface area (Å²) in [6.07, 6.45) is -2.84. The van der Waals surface area contributed by atoms with Gasteiger partial charge in [-0.2, -0.15) is 5.10 Å². The van der Waals surface area contributed by atoms with Gasteiger partial charge in [-0.3, -0.25) is 9.59 Å². The van der Waals surface area contributed by atoms with Crippen LogP contribution in [0.3, 0.4) is 0 Å². The van der Waals surface area contributed by atoms with Crippen LogP contribution in [0.5, 0.6) is 5.75 Å². The van der Waals surface area contributed by atoms with Crippen LogP contribution in [-0.2, 0) is 6.54 Å². The van der Waals surface area contributed by atoms with E-state index in [1.165, 1.54) is 35.1 Å². The number of carbonyl (C=O) groups excluding carboxylic acids is 1. The van der Waals surface area contributed by atoms with Crippen LogP contribution >= 0.6 is 0 Å². The Morgan fingerprint density at radius 2 is 1.93 bits per heavy atom. The molecule has 0 aliphatic rings. The number of hydrogen-bond donors (Lipinski definition) is 1. The summed E-state index contributed by atoms with van der Waals surface area (Å²) in [6, 6.07) is 7.67. The summed E-state index contributed by atoms with van der Waals surface area (Å²) in [7, 11) is 0. The fourth-order valence-electron chi connectivity index (χ4n) is 2.26. The van der Waals surface area contributed by atoms with E-state index in [1.807, 2.05) is 0 Å². The lowest BCUT2D eigenvalue weighted by Crippen LogP contribution is -2.28. The van der Waals surface area contributed by atoms with Gasteiger partial charge in [0.15, 0.2) is 0 Å². The molecule has 0 saturated heterocycles. The van der Waals surface area contributed by atoms with Crippen molar-refractivity contribution in [3.05, 3.63) is 58.8 Å². The molecule has 0 aliphatic carbocycles. The average molecular weight is 409 g/mol. The first-order valence-electron chi connectivity index (χ1n) is 8.28. The first-order chi connectivity index (χ1) is 13.8. The monoisotopic (exact) mass is 409 g/mol. The van der Waals surface area contributed by atoms with Gasteiger partial charge in [0.1, 0.15) is 5.75 Å². The summed E-state index contributed by atoms with van der Waals surface area (Å²) in [5.41, 5.74) is 0.0516. The van der Waals surface area contributed by atoms with Gasteiger partial charge in [-0.15, -0.1) is 28.2 Å². The Bertz CT molecular complexity index is 1030. The number of carbonyl (C=O) groups is 1. The number of aryl methyl sites for hydroxylation is 1. The Labute approximate surface area is 160 Å². The van der Waals surface area contributed by atoms with E-state index in [0.717, 1.165) is 16.9 Å². The van der Waals surface area contributed by atoms with Gasteiger partial charge < -0.3 is 10.1 Å². The van der Waals surface area contributed by atoms with Crippen molar-refractivity contribution in [2.24, 2.45) is 0 Å². The predicted molar refractivity (Wildman–Crippen MR) is 91.3 cm³/mol. The Kier molecular flexibility index (Phi) is 5.85. The van der Waals surface area contributed by atoms with E-state index in [-0.39, 0.29) is 17.9 Å². The first-order valence-corrected chi connectivity index (χ1v) is 8.28. The van der Waals surface area contributed by atoms with Crippen molar-refractivity contribution in [1.29, 1.82) is 0 Å². The van der Waals surface area contributed by atoms with E-state index in [2.05, 4.69) is 30.6 Å². The number of nitrogens with one attached hydrogen (secondary N) is 1. The molecule has 0 fully saturated rings. The number of ether oxygens (including phenoxy) is 1. The largest absolute Gasteiger partial charge is 0.573 e. The van der Waals surface area contributed by atoms with Crippen molar-refractivity contribution in [3.8, 4) is 11.4 Å². The number of nitrogens with zero attached hydrogens (tertiary/aromatic N) is 6. The summed E-state index contributed by atoms with van der Waals surface area (Å²) in [6.45, 7) is 0.576. The normalized spacial score (nSPS) is 11.3. The predicted octanol–water partition coefficient (Wildman–Crippen LogP) is 0.938. The maximum absolute atomic E-state index is 12.2. The van der Waals surface area contributed by atoms with Gasteiger partial charge in [0, 0.05) is 25.4 Å².